The van der Waals surface area contributed by atoms with E-state index in [9.17, 15) is 5.26 Å². The van der Waals surface area contributed by atoms with Gasteiger partial charge in [-0.1, -0.05) is 109 Å². The van der Waals surface area contributed by atoms with Crippen LogP contribution in [0.4, 0.5) is 0 Å². The average Bonchev–Trinajstić information content (AvgIpc) is 2.79. The van der Waals surface area contributed by atoms with Gasteiger partial charge in [-0.3, -0.25) is 0 Å². The first-order chi connectivity index (χ1) is 14.7. The third kappa shape index (κ3) is 8.83. The van der Waals surface area contributed by atoms with Crippen LogP contribution in [0.1, 0.15) is 140 Å². The number of rotatable bonds is 14. The van der Waals surface area contributed by atoms with Crippen LogP contribution in [0.25, 0.3) is 0 Å². The lowest BCUT2D eigenvalue weighted by Crippen LogP contribution is -2.13. The van der Waals surface area contributed by atoms with E-state index in [1.165, 1.54) is 94.6 Å². The molecule has 0 saturated heterocycles. The van der Waals surface area contributed by atoms with Gasteiger partial charge in [0.1, 0.15) is 0 Å². The smallest absolute Gasteiger partial charge is 0.0715 e. The van der Waals surface area contributed by atoms with Gasteiger partial charge in [0.15, 0.2) is 0 Å². The summed E-state index contributed by atoms with van der Waals surface area (Å²) >= 11 is 0. The van der Waals surface area contributed by atoms with Crippen molar-refractivity contribution in [2.45, 2.75) is 129 Å². The van der Waals surface area contributed by atoms with E-state index in [0.717, 1.165) is 24.7 Å². The van der Waals surface area contributed by atoms with Gasteiger partial charge in [-0.05, 0) is 61.0 Å². The van der Waals surface area contributed by atoms with Crippen molar-refractivity contribution < 1.29 is 0 Å². The number of nitriles is 1. The minimum atomic E-state index is 0.0522. The lowest BCUT2D eigenvalue weighted by Gasteiger charge is -2.29. The van der Waals surface area contributed by atoms with Crippen molar-refractivity contribution in [1.82, 2.24) is 0 Å². The zero-order chi connectivity index (χ0) is 21.6. The molecule has 0 N–H and O–H groups in total. The van der Waals surface area contributed by atoms with Crippen molar-refractivity contribution in [2.24, 2.45) is 11.8 Å². The van der Waals surface area contributed by atoms with Crippen LogP contribution >= 0.6 is 0 Å². The summed E-state index contributed by atoms with van der Waals surface area (Å²) in [7, 11) is 0. The Bertz CT molecular complexity index is 588. The molecule has 0 amide bonds. The lowest BCUT2D eigenvalue weighted by molar-refractivity contribution is 0.301. The van der Waals surface area contributed by atoms with Crippen molar-refractivity contribution >= 4 is 0 Å². The second-order valence-electron chi connectivity index (χ2n) is 10.1. The van der Waals surface area contributed by atoms with E-state index < -0.39 is 0 Å². The Labute approximate surface area is 187 Å². The van der Waals surface area contributed by atoms with Gasteiger partial charge in [-0.25, -0.2) is 0 Å². The Morgan fingerprint density at radius 3 is 2.03 bits per heavy atom. The molecule has 0 bridgehead atoms. The van der Waals surface area contributed by atoms with E-state index in [2.05, 4.69) is 51.1 Å². The molecule has 0 aliphatic heterocycles. The molecule has 1 nitrogen and oxygen atoms in total. The van der Waals surface area contributed by atoms with Crippen LogP contribution in [0, 0.1) is 23.2 Å². The molecule has 1 aromatic rings. The summed E-state index contributed by atoms with van der Waals surface area (Å²) in [4.78, 5) is 0. The largest absolute Gasteiger partial charge is 0.198 e. The second-order valence-corrected chi connectivity index (χ2v) is 10.1. The normalized spacial score (nSPS) is 21.1. The fourth-order valence-electron chi connectivity index (χ4n) is 5.18. The van der Waals surface area contributed by atoms with Crippen molar-refractivity contribution in [3.63, 3.8) is 0 Å². The number of hydrogen-bond donors (Lipinski definition) is 0. The van der Waals surface area contributed by atoms with Gasteiger partial charge < -0.3 is 0 Å². The van der Waals surface area contributed by atoms with E-state index >= 15 is 0 Å². The maximum Gasteiger partial charge on any atom is 0.0715 e. The third-order valence-corrected chi connectivity index (χ3v) is 7.61. The zero-order valence-corrected chi connectivity index (χ0v) is 20.2. The molecule has 0 heterocycles. The number of unbranched alkanes of at least 4 members (excludes halogenated alkanes) is 7. The van der Waals surface area contributed by atoms with Crippen molar-refractivity contribution in [2.75, 3.05) is 0 Å². The van der Waals surface area contributed by atoms with Crippen molar-refractivity contribution in [1.29, 1.82) is 5.26 Å². The molecule has 2 atom stereocenters. The Kier molecular flexibility index (Phi) is 12.2. The monoisotopic (exact) mass is 409 g/mol. The molecule has 1 saturated carbocycles. The molecule has 2 unspecified atom stereocenters. The van der Waals surface area contributed by atoms with Crippen molar-refractivity contribution in [3.05, 3.63) is 35.4 Å². The molecule has 1 aliphatic rings. The molecular formula is C29H47N. The first-order valence-electron chi connectivity index (χ1n) is 13.2. The summed E-state index contributed by atoms with van der Waals surface area (Å²) in [6, 6.07) is 11.6. The topological polar surface area (TPSA) is 23.8 Å². The van der Waals surface area contributed by atoms with Gasteiger partial charge in [0.2, 0.25) is 0 Å². The zero-order valence-electron chi connectivity index (χ0n) is 20.2. The molecule has 30 heavy (non-hydrogen) atoms. The predicted octanol–water partition coefficient (Wildman–Crippen LogP) is 9.53. The molecule has 1 aliphatic carbocycles. The van der Waals surface area contributed by atoms with E-state index in [4.69, 9.17) is 0 Å². The van der Waals surface area contributed by atoms with Crippen LogP contribution in [0.3, 0.4) is 0 Å². The van der Waals surface area contributed by atoms with Gasteiger partial charge in [0.05, 0.1) is 12.0 Å². The van der Waals surface area contributed by atoms with Crippen LogP contribution in [-0.4, -0.2) is 0 Å². The molecule has 0 radical (unpaired) electrons. The highest BCUT2D eigenvalue weighted by Gasteiger charge is 2.22. The minimum absolute atomic E-state index is 0.0522. The summed E-state index contributed by atoms with van der Waals surface area (Å²) in [5.41, 5.74) is 2.72. The quantitative estimate of drug-likeness (QED) is 0.281. The Hall–Kier alpha value is -1.29. The van der Waals surface area contributed by atoms with Crippen molar-refractivity contribution in [3.8, 4) is 6.07 Å². The molecule has 168 valence electrons. The Balaban J connectivity index is 1.67. The predicted molar refractivity (Wildman–Crippen MR) is 131 cm³/mol. The van der Waals surface area contributed by atoms with Crippen LogP contribution in [0.2, 0.25) is 0 Å². The van der Waals surface area contributed by atoms with Crippen LogP contribution in [-0.2, 0) is 0 Å². The van der Waals surface area contributed by atoms with Gasteiger partial charge in [-0.2, -0.15) is 5.26 Å². The molecule has 1 aromatic carbocycles. The fourth-order valence-corrected chi connectivity index (χ4v) is 5.18. The average molecular weight is 410 g/mol. The fraction of sp³-hybridized carbons (Fsp3) is 0.759. The van der Waals surface area contributed by atoms with Gasteiger partial charge in [0.25, 0.3) is 0 Å². The van der Waals surface area contributed by atoms with E-state index in [1.807, 2.05) is 0 Å². The summed E-state index contributed by atoms with van der Waals surface area (Å²) < 4.78 is 0. The maximum absolute atomic E-state index is 9.57. The number of benzene rings is 1. The molecule has 0 spiro atoms. The summed E-state index contributed by atoms with van der Waals surface area (Å²) in [5, 5.41) is 9.57. The number of hydrogen-bond acceptors (Lipinski definition) is 1. The molecular weight excluding hydrogens is 362 g/mol. The van der Waals surface area contributed by atoms with Gasteiger partial charge in [-0.15, -0.1) is 0 Å². The Morgan fingerprint density at radius 2 is 1.47 bits per heavy atom. The molecule has 1 fully saturated rings. The van der Waals surface area contributed by atoms with E-state index in [0.29, 0.717) is 5.92 Å². The molecule has 1 heteroatoms. The first kappa shape index (κ1) is 25.0. The summed E-state index contributed by atoms with van der Waals surface area (Å²) in [5.74, 6) is 2.38. The second kappa shape index (κ2) is 14.7. The van der Waals surface area contributed by atoms with Gasteiger partial charge in [0, 0.05) is 0 Å². The molecule has 0 aromatic heterocycles. The minimum Gasteiger partial charge on any atom is -0.198 e. The highest BCUT2D eigenvalue weighted by Crippen LogP contribution is 2.38. The standard InChI is InChI=1S/C29H47N/c1-4-6-7-8-9-10-11-12-13-25-14-16-26(17-15-25)27-18-20-28(21-19-27)29(23-30)22-24(3)5-2/h18-21,24-26,29H,4-17,22H2,1-3H3. The highest BCUT2D eigenvalue weighted by molar-refractivity contribution is 5.30. The van der Waals surface area contributed by atoms with E-state index in [1.54, 1.807) is 0 Å². The highest BCUT2D eigenvalue weighted by atomic mass is 14.3. The van der Waals surface area contributed by atoms with Crippen LogP contribution in [0.5, 0.6) is 0 Å². The summed E-state index contributed by atoms with van der Waals surface area (Å²) in [6.45, 7) is 6.76. The first-order valence-corrected chi connectivity index (χ1v) is 13.2. The lowest BCUT2D eigenvalue weighted by atomic mass is 9.76. The molecule has 2 rings (SSSR count). The Morgan fingerprint density at radius 1 is 0.867 bits per heavy atom. The number of nitrogens with zero attached hydrogens (tertiary/aromatic N) is 1. The van der Waals surface area contributed by atoms with Crippen LogP contribution in [0.15, 0.2) is 24.3 Å². The third-order valence-electron chi connectivity index (χ3n) is 7.61. The summed E-state index contributed by atoms with van der Waals surface area (Å²) in [6.07, 6.45) is 20.6. The maximum atomic E-state index is 9.57. The van der Waals surface area contributed by atoms with Gasteiger partial charge >= 0.3 is 0 Å². The SMILES string of the molecule is CCCCCCCCCCC1CCC(c2ccc(C(C#N)CC(C)CC)cc2)CC1. The van der Waals surface area contributed by atoms with Crippen LogP contribution < -0.4 is 0 Å². The van der Waals surface area contributed by atoms with E-state index in [-0.39, 0.29) is 5.92 Å².